The summed E-state index contributed by atoms with van der Waals surface area (Å²) < 4.78 is 7.51. The van der Waals surface area contributed by atoms with E-state index in [0.29, 0.717) is 32.3 Å². The van der Waals surface area contributed by atoms with Gasteiger partial charge in [-0.15, -0.1) is 5.10 Å². The number of nitrogens with zero attached hydrogens (tertiary/aromatic N) is 5. The zero-order valence-corrected chi connectivity index (χ0v) is 19.5. The Morgan fingerprint density at radius 3 is 2.71 bits per heavy atom. The molecule has 5 rings (SSSR count). The molecule has 1 aliphatic carbocycles. The predicted octanol–water partition coefficient (Wildman–Crippen LogP) is 3.91. The summed E-state index contributed by atoms with van der Waals surface area (Å²) in [5.41, 5.74) is 2.66. The van der Waals surface area contributed by atoms with Crippen molar-refractivity contribution in [3.63, 3.8) is 0 Å². The predicted molar refractivity (Wildman–Crippen MR) is 131 cm³/mol. The number of tetrazole rings is 1. The Labute approximate surface area is 198 Å². The zero-order valence-electron chi connectivity index (χ0n) is 19.5. The van der Waals surface area contributed by atoms with Gasteiger partial charge in [0.1, 0.15) is 5.75 Å². The Morgan fingerprint density at radius 1 is 1.09 bits per heavy atom. The largest absolute Gasteiger partial charge is 0.494 e. The number of fused-ring (bicyclic) bond motifs is 1. The van der Waals surface area contributed by atoms with Gasteiger partial charge in [-0.25, -0.2) is 4.68 Å². The Bertz CT molecular complexity index is 1290. The maximum absolute atomic E-state index is 12.9. The van der Waals surface area contributed by atoms with Crippen LogP contribution in [0, 0.1) is 0 Å². The van der Waals surface area contributed by atoms with E-state index in [1.807, 2.05) is 54.1 Å². The van der Waals surface area contributed by atoms with E-state index in [2.05, 4.69) is 37.5 Å². The SMILES string of the molecule is CCOc1ccc2[nH]c(=O)c(CN(Cc3nnnn3Cc3ccccc3)C3CCCC3)cc2c1. The molecule has 1 saturated carbocycles. The molecule has 34 heavy (non-hydrogen) atoms. The molecule has 1 aliphatic rings. The van der Waals surface area contributed by atoms with Crippen molar-refractivity contribution in [1.82, 2.24) is 30.1 Å². The number of pyridine rings is 1. The van der Waals surface area contributed by atoms with Gasteiger partial charge in [0.15, 0.2) is 5.82 Å². The average molecular weight is 459 g/mol. The lowest BCUT2D eigenvalue weighted by Crippen LogP contribution is -2.35. The van der Waals surface area contributed by atoms with Crippen LogP contribution in [0.4, 0.5) is 0 Å². The molecule has 0 saturated heterocycles. The van der Waals surface area contributed by atoms with Crippen molar-refractivity contribution < 1.29 is 4.74 Å². The molecule has 0 amide bonds. The quantitative estimate of drug-likeness (QED) is 0.409. The molecule has 4 aromatic rings. The Kier molecular flexibility index (Phi) is 6.67. The lowest BCUT2D eigenvalue weighted by atomic mass is 10.1. The molecule has 0 atom stereocenters. The van der Waals surface area contributed by atoms with Crippen LogP contribution in [-0.4, -0.2) is 42.7 Å². The minimum Gasteiger partial charge on any atom is -0.494 e. The number of benzene rings is 2. The maximum Gasteiger partial charge on any atom is 0.252 e. The number of ether oxygens (including phenoxy) is 1. The minimum atomic E-state index is -0.0523. The molecule has 8 nitrogen and oxygen atoms in total. The normalized spacial score (nSPS) is 14.3. The van der Waals surface area contributed by atoms with Gasteiger partial charge in [0.05, 0.1) is 19.7 Å². The highest BCUT2D eigenvalue weighted by Gasteiger charge is 2.25. The molecule has 176 valence electrons. The molecule has 0 radical (unpaired) electrons. The van der Waals surface area contributed by atoms with Gasteiger partial charge in [0.2, 0.25) is 0 Å². The number of aromatic nitrogens is 5. The van der Waals surface area contributed by atoms with Crippen molar-refractivity contribution in [3.05, 3.63) is 81.9 Å². The van der Waals surface area contributed by atoms with Crippen LogP contribution in [0.15, 0.2) is 59.4 Å². The smallest absolute Gasteiger partial charge is 0.252 e. The number of hydrogen-bond acceptors (Lipinski definition) is 6. The topological polar surface area (TPSA) is 88.9 Å². The van der Waals surface area contributed by atoms with Gasteiger partial charge in [0.25, 0.3) is 5.56 Å². The second-order valence-corrected chi connectivity index (χ2v) is 8.89. The van der Waals surface area contributed by atoms with Crippen molar-refractivity contribution in [2.75, 3.05) is 6.61 Å². The fourth-order valence-electron chi connectivity index (χ4n) is 4.80. The fourth-order valence-corrected chi connectivity index (χ4v) is 4.80. The third kappa shape index (κ3) is 5.02. The summed E-state index contributed by atoms with van der Waals surface area (Å²) in [6, 6.07) is 18.4. The highest BCUT2D eigenvalue weighted by molar-refractivity contribution is 5.80. The number of aromatic amines is 1. The van der Waals surface area contributed by atoms with Gasteiger partial charge in [-0.3, -0.25) is 9.69 Å². The summed E-state index contributed by atoms with van der Waals surface area (Å²) in [5, 5.41) is 13.5. The van der Waals surface area contributed by atoms with Gasteiger partial charge in [-0.1, -0.05) is 43.2 Å². The third-order valence-electron chi connectivity index (χ3n) is 6.54. The number of hydrogen-bond donors (Lipinski definition) is 1. The monoisotopic (exact) mass is 458 g/mol. The van der Waals surface area contributed by atoms with Crippen molar-refractivity contribution >= 4 is 10.9 Å². The van der Waals surface area contributed by atoms with Gasteiger partial charge in [-0.2, -0.15) is 0 Å². The first-order valence-electron chi connectivity index (χ1n) is 12.0. The van der Waals surface area contributed by atoms with Gasteiger partial charge < -0.3 is 9.72 Å². The second-order valence-electron chi connectivity index (χ2n) is 8.89. The van der Waals surface area contributed by atoms with Crippen LogP contribution in [0.2, 0.25) is 0 Å². The molecule has 0 spiro atoms. The first-order chi connectivity index (χ1) is 16.7. The summed E-state index contributed by atoms with van der Waals surface area (Å²) in [7, 11) is 0. The van der Waals surface area contributed by atoms with E-state index in [1.54, 1.807) is 0 Å². The zero-order chi connectivity index (χ0) is 23.3. The second kappa shape index (κ2) is 10.2. The number of rotatable bonds is 9. The molecule has 0 aliphatic heterocycles. The van der Waals surface area contributed by atoms with E-state index in [4.69, 9.17) is 4.74 Å². The van der Waals surface area contributed by atoms with E-state index in [-0.39, 0.29) is 5.56 Å². The lowest BCUT2D eigenvalue weighted by Gasteiger charge is -2.28. The lowest BCUT2D eigenvalue weighted by molar-refractivity contribution is 0.172. The summed E-state index contributed by atoms with van der Waals surface area (Å²) in [6.45, 7) is 4.34. The van der Waals surface area contributed by atoms with E-state index < -0.39 is 0 Å². The van der Waals surface area contributed by atoms with Crippen molar-refractivity contribution in [2.24, 2.45) is 0 Å². The molecule has 1 fully saturated rings. The summed E-state index contributed by atoms with van der Waals surface area (Å²) in [4.78, 5) is 18.4. The summed E-state index contributed by atoms with van der Waals surface area (Å²) >= 11 is 0. The van der Waals surface area contributed by atoms with Crippen molar-refractivity contribution in [2.45, 2.75) is 58.3 Å². The number of nitrogens with one attached hydrogen (secondary N) is 1. The first kappa shape index (κ1) is 22.3. The van der Waals surface area contributed by atoms with E-state index in [9.17, 15) is 4.79 Å². The molecule has 0 unspecified atom stereocenters. The van der Waals surface area contributed by atoms with Gasteiger partial charge in [-0.05, 0) is 60.0 Å². The van der Waals surface area contributed by atoms with Crippen LogP contribution in [0.3, 0.4) is 0 Å². The minimum absolute atomic E-state index is 0.0523. The van der Waals surface area contributed by atoms with E-state index in [0.717, 1.165) is 46.4 Å². The standard InChI is InChI=1S/C26H30N6O2/c1-2-34-23-12-13-24-20(15-23)14-21(26(33)27-24)17-31(22-10-6-7-11-22)18-25-28-29-30-32(25)16-19-8-4-3-5-9-19/h3-5,8-9,12-15,22H,2,6-7,10-11,16-18H2,1H3,(H,27,33). The number of H-pyrrole nitrogens is 1. The summed E-state index contributed by atoms with van der Waals surface area (Å²) in [5.74, 6) is 1.62. The van der Waals surface area contributed by atoms with Gasteiger partial charge in [0, 0.05) is 29.1 Å². The maximum atomic E-state index is 12.9. The summed E-state index contributed by atoms with van der Waals surface area (Å²) in [6.07, 6.45) is 4.67. The first-order valence-corrected chi connectivity index (χ1v) is 12.0. The molecule has 2 aromatic heterocycles. The third-order valence-corrected chi connectivity index (χ3v) is 6.54. The van der Waals surface area contributed by atoms with Crippen LogP contribution in [0.5, 0.6) is 5.75 Å². The molecule has 0 bridgehead atoms. The van der Waals surface area contributed by atoms with Crippen LogP contribution < -0.4 is 10.3 Å². The van der Waals surface area contributed by atoms with E-state index >= 15 is 0 Å². The van der Waals surface area contributed by atoms with Crippen LogP contribution in [0.1, 0.15) is 49.6 Å². The molecule has 1 N–H and O–H groups in total. The molecular weight excluding hydrogens is 428 g/mol. The fraction of sp³-hybridized carbons (Fsp3) is 0.385. The van der Waals surface area contributed by atoms with Gasteiger partial charge >= 0.3 is 0 Å². The van der Waals surface area contributed by atoms with E-state index in [1.165, 1.54) is 12.8 Å². The van der Waals surface area contributed by atoms with Crippen molar-refractivity contribution in [1.29, 1.82) is 0 Å². The highest BCUT2D eigenvalue weighted by Crippen LogP contribution is 2.27. The Balaban J connectivity index is 1.41. The Hall–Kier alpha value is -3.52. The highest BCUT2D eigenvalue weighted by atomic mass is 16.5. The van der Waals surface area contributed by atoms with Crippen LogP contribution in [-0.2, 0) is 19.6 Å². The van der Waals surface area contributed by atoms with Crippen molar-refractivity contribution in [3.8, 4) is 5.75 Å². The average Bonchev–Trinajstić information content (AvgIpc) is 3.53. The molecular formula is C26H30N6O2. The molecule has 2 heterocycles. The Morgan fingerprint density at radius 2 is 1.91 bits per heavy atom. The molecule has 2 aromatic carbocycles. The molecule has 8 heteroatoms. The van der Waals surface area contributed by atoms with Crippen LogP contribution in [0.25, 0.3) is 10.9 Å². The van der Waals surface area contributed by atoms with Crippen LogP contribution >= 0.6 is 0 Å².